The Hall–Kier alpha value is 0.0249. The van der Waals surface area contributed by atoms with E-state index in [9.17, 15) is 0 Å². The van der Waals surface area contributed by atoms with Gasteiger partial charge < -0.3 is 14.8 Å². The third kappa shape index (κ3) is 2.28. The van der Waals surface area contributed by atoms with Crippen LogP contribution < -0.4 is 10.2 Å². The summed E-state index contributed by atoms with van der Waals surface area (Å²) in [4.78, 5) is 0. The van der Waals surface area contributed by atoms with Crippen molar-refractivity contribution in [3.63, 3.8) is 0 Å². The van der Waals surface area contributed by atoms with Crippen molar-refractivity contribution in [2.24, 2.45) is 0 Å². The van der Waals surface area contributed by atoms with Gasteiger partial charge in [-0.2, -0.15) is 0 Å². The van der Waals surface area contributed by atoms with E-state index in [1.54, 1.807) is 12.1 Å². The average molecular weight is 312 g/mol. The Labute approximate surface area is 95.0 Å². The molecule has 0 bridgehead atoms. The van der Waals surface area contributed by atoms with Crippen molar-refractivity contribution >= 4 is 46.8 Å². The molecular formula is C7H7BClIO3. The first-order chi connectivity index (χ1) is 6.07. The van der Waals surface area contributed by atoms with Gasteiger partial charge in [0.15, 0.2) is 0 Å². The van der Waals surface area contributed by atoms with Gasteiger partial charge in [0.2, 0.25) is 0 Å². The molecule has 0 aliphatic carbocycles. The van der Waals surface area contributed by atoms with Crippen molar-refractivity contribution in [2.45, 2.75) is 0 Å². The molecule has 0 saturated carbocycles. The van der Waals surface area contributed by atoms with E-state index in [-0.39, 0.29) is 10.5 Å². The fourth-order valence-electron chi connectivity index (χ4n) is 0.944. The second kappa shape index (κ2) is 4.50. The van der Waals surface area contributed by atoms with E-state index in [4.69, 9.17) is 26.4 Å². The Bertz CT molecular complexity index is 319. The standard InChI is InChI=1S/C7H7BClIO3/c1-13-5-3-2-4(10)6(7(5)9)8(11)12/h2-3,11-12H,1H3. The quantitative estimate of drug-likeness (QED) is 0.622. The number of halogens is 2. The first-order valence-corrected chi connectivity index (χ1v) is 4.91. The normalized spacial score (nSPS) is 9.92. The minimum Gasteiger partial charge on any atom is -0.495 e. The zero-order valence-corrected chi connectivity index (χ0v) is 9.70. The Kier molecular flexibility index (Phi) is 3.84. The van der Waals surface area contributed by atoms with Crippen LogP contribution in [-0.2, 0) is 0 Å². The maximum Gasteiger partial charge on any atom is 0.491 e. The van der Waals surface area contributed by atoms with Gasteiger partial charge in [-0.3, -0.25) is 0 Å². The lowest BCUT2D eigenvalue weighted by Gasteiger charge is -2.09. The Morgan fingerprint density at radius 2 is 2.08 bits per heavy atom. The number of rotatable bonds is 2. The van der Waals surface area contributed by atoms with Crippen LogP contribution in [0.15, 0.2) is 12.1 Å². The fraction of sp³-hybridized carbons (Fsp3) is 0.143. The highest BCUT2D eigenvalue weighted by molar-refractivity contribution is 14.1. The zero-order chi connectivity index (χ0) is 10.0. The predicted octanol–water partition coefficient (Wildman–Crippen LogP) is 0.633. The van der Waals surface area contributed by atoms with Crippen molar-refractivity contribution in [2.75, 3.05) is 7.11 Å². The first kappa shape index (κ1) is 11.1. The molecule has 2 N–H and O–H groups in total. The minimum absolute atomic E-state index is 0.240. The van der Waals surface area contributed by atoms with Crippen LogP contribution in [0.4, 0.5) is 0 Å². The Morgan fingerprint density at radius 3 is 2.54 bits per heavy atom. The van der Waals surface area contributed by atoms with Gasteiger partial charge in [0, 0.05) is 9.03 Å². The van der Waals surface area contributed by atoms with Crippen LogP contribution >= 0.6 is 34.2 Å². The smallest absolute Gasteiger partial charge is 0.491 e. The van der Waals surface area contributed by atoms with Crippen molar-refractivity contribution in [1.82, 2.24) is 0 Å². The lowest BCUT2D eigenvalue weighted by Crippen LogP contribution is -2.33. The van der Waals surface area contributed by atoms with E-state index in [0.717, 1.165) is 0 Å². The molecule has 0 saturated heterocycles. The molecule has 0 aliphatic rings. The lowest BCUT2D eigenvalue weighted by molar-refractivity contribution is 0.412. The summed E-state index contributed by atoms with van der Waals surface area (Å²) in [5.41, 5.74) is 0.279. The number of methoxy groups -OCH3 is 1. The Morgan fingerprint density at radius 1 is 1.46 bits per heavy atom. The summed E-state index contributed by atoms with van der Waals surface area (Å²) >= 11 is 7.83. The molecule has 6 heteroatoms. The molecule has 13 heavy (non-hydrogen) atoms. The maximum absolute atomic E-state index is 9.02. The van der Waals surface area contributed by atoms with Gasteiger partial charge in [0.25, 0.3) is 0 Å². The fourth-order valence-corrected chi connectivity index (χ4v) is 2.17. The van der Waals surface area contributed by atoms with Crippen LogP contribution in [0, 0.1) is 3.57 Å². The largest absolute Gasteiger partial charge is 0.495 e. The van der Waals surface area contributed by atoms with Crippen molar-refractivity contribution in [1.29, 1.82) is 0 Å². The summed E-state index contributed by atoms with van der Waals surface area (Å²) in [5, 5.41) is 18.3. The topological polar surface area (TPSA) is 49.7 Å². The number of hydrogen-bond acceptors (Lipinski definition) is 3. The van der Waals surface area contributed by atoms with Gasteiger partial charge in [-0.1, -0.05) is 11.6 Å². The van der Waals surface area contributed by atoms with Crippen molar-refractivity contribution < 1.29 is 14.8 Å². The summed E-state index contributed by atoms with van der Waals surface area (Å²) in [5.74, 6) is 0.435. The van der Waals surface area contributed by atoms with Gasteiger partial charge in [0.05, 0.1) is 12.1 Å². The first-order valence-electron chi connectivity index (χ1n) is 3.46. The second-order valence-electron chi connectivity index (χ2n) is 2.35. The molecule has 0 radical (unpaired) electrons. The predicted molar refractivity (Wildman–Crippen MR) is 60.5 cm³/mol. The lowest BCUT2D eigenvalue weighted by atomic mass is 9.80. The van der Waals surface area contributed by atoms with Gasteiger partial charge >= 0.3 is 7.12 Å². The molecule has 0 atom stereocenters. The molecule has 1 aromatic rings. The SMILES string of the molecule is COc1ccc(I)c(B(O)O)c1Cl. The van der Waals surface area contributed by atoms with E-state index in [2.05, 4.69) is 0 Å². The minimum atomic E-state index is -1.57. The van der Waals surface area contributed by atoms with E-state index < -0.39 is 7.12 Å². The monoisotopic (exact) mass is 312 g/mol. The van der Waals surface area contributed by atoms with E-state index in [1.807, 2.05) is 22.6 Å². The molecule has 0 heterocycles. The van der Waals surface area contributed by atoms with Crippen molar-refractivity contribution in [3.05, 3.63) is 20.7 Å². The molecule has 3 nitrogen and oxygen atoms in total. The van der Waals surface area contributed by atoms with E-state index >= 15 is 0 Å². The van der Waals surface area contributed by atoms with Gasteiger partial charge in [-0.15, -0.1) is 0 Å². The average Bonchev–Trinajstić information content (AvgIpc) is 2.04. The molecule has 1 aromatic carbocycles. The molecule has 1 rings (SSSR count). The highest BCUT2D eigenvalue weighted by Gasteiger charge is 2.21. The van der Waals surface area contributed by atoms with Crippen LogP contribution in [0.3, 0.4) is 0 Å². The molecule has 0 spiro atoms. The van der Waals surface area contributed by atoms with Gasteiger partial charge in [-0.25, -0.2) is 0 Å². The zero-order valence-electron chi connectivity index (χ0n) is 6.79. The van der Waals surface area contributed by atoms with Crippen LogP contribution in [-0.4, -0.2) is 24.3 Å². The summed E-state index contributed by atoms with van der Waals surface area (Å²) < 4.78 is 5.63. The van der Waals surface area contributed by atoms with E-state index in [0.29, 0.717) is 9.32 Å². The molecule has 0 fully saturated rings. The van der Waals surface area contributed by atoms with Crippen LogP contribution in [0.5, 0.6) is 5.75 Å². The van der Waals surface area contributed by atoms with E-state index in [1.165, 1.54) is 7.11 Å². The van der Waals surface area contributed by atoms with Crippen LogP contribution in [0.1, 0.15) is 0 Å². The highest BCUT2D eigenvalue weighted by atomic mass is 127. The molecule has 0 aromatic heterocycles. The highest BCUT2D eigenvalue weighted by Crippen LogP contribution is 2.23. The molecule has 0 amide bonds. The third-order valence-corrected chi connectivity index (χ3v) is 2.90. The number of ether oxygens (including phenoxy) is 1. The number of hydrogen-bond donors (Lipinski definition) is 2. The number of benzene rings is 1. The summed E-state index contributed by atoms with van der Waals surface area (Å²) in [6.45, 7) is 0. The summed E-state index contributed by atoms with van der Waals surface area (Å²) in [7, 11) is -0.101. The second-order valence-corrected chi connectivity index (χ2v) is 3.89. The summed E-state index contributed by atoms with van der Waals surface area (Å²) in [6, 6.07) is 3.38. The molecule has 70 valence electrons. The van der Waals surface area contributed by atoms with Gasteiger partial charge in [0.1, 0.15) is 5.75 Å². The van der Waals surface area contributed by atoms with Crippen LogP contribution in [0.2, 0.25) is 5.02 Å². The maximum atomic E-state index is 9.02. The molecular weight excluding hydrogens is 305 g/mol. The Balaban J connectivity index is 3.30. The van der Waals surface area contributed by atoms with Gasteiger partial charge in [-0.05, 0) is 34.7 Å². The van der Waals surface area contributed by atoms with Crippen LogP contribution in [0.25, 0.3) is 0 Å². The summed E-state index contributed by atoms with van der Waals surface area (Å²) in [6.07, 6.45) is 0. The molecule has 0 unspecified atom stereocenters. The van der Waals surface area contributed by atoms with Crippen molar-refractivity contribution in [3.8, 4) is 5.75 Å². The third-order valence-electron chi connectivity index (χ3n) is 1.57. The molecule has 0 aliphatic heterocycles.